The van der Waals surface area contributed by atoms with Gasteiger partial charge in [-0.05, 0) is 24.3 Å². The highest BCUT2D eigenvalue weighted by Gasteiger charge is 2.22. The van der Waals surface area contributed by atoms with Crippen LogP contribution in [-0.2, 0) is 11.2 Å². The number of carbonyl (C=O) groups excluding carboxylic acids is 2. The molecule has 0 aliphatic rings. The van der Waals surface area contributed by atoms with E-state index in [1.54, 1.807) is 30.3 Å². The number of hydrogen-bond acceptors (Lipinski definition) is 6. The van der Waals surface area contributed by atoms with E-state index < -0.39 is 33.5 Å². The molecule has 3 aromatic carbocycles. The van der Waals surface area contributed by atoms with Gasteiger partial charge in [-0.3, -0.25) is 29.8 Å². The van der Waals surface area contributed by atoms with Crippen LogP contribution < -0.4 is 5.32 Å². The minimum Gasteiger partial charge on any atom is -0.325 e. The van der Waals surface area contributed by atoms with Crippen molar-refractivity contribution in [2.75, 3.05) is 5.32 Å². The lowest BCUT2D eigenvalue weighted by Gasteiger charge is -2.11. The molecule has 1 amide bonds. The van der Waals surface area contributed by atoms with Crippen molar-refractivity contribution < 1.29 is 19.4 Å². The minimum atomic E-state index is -0.789. The van der Waals surface area contributed by atoms with Crippen LogP contribution in [0.15, 0.2) is 66.7 Å². The van der Waals surface area contributed by atoms with Gasteiger partial charge in [0, 0.05) is 27.8 Å². The molecule has 0 fully saturated rings. The Morgan fingerprint density at radius 3 is 2.26 bits per heavy atom. The molecule has 9 nitrogen and oxygen atoms in total. The quantitative estimate of drug-likeness (QED) is 0.325. The molecule has 31 heavy (non-hydrogen) atoms. The smallest absolute Gasteiger partial charge is 0.279 e. The highest BCUT2D eigenvalue weighted by molar-refractivity contribution is 6.31. The number of non-ortho nitro benzene ring substituents is 1. The maximum absolute atomic E-state index is 12.8. The van der Waals surface area contributed by atoms with Gasteiger partial charge in [0.15, 0.2) is 5.78 Å². The van der Waals surface area contributed by atoms with E-state index in [0.29, 0.717) is 10.6 Å². The molecule has 0 bridgehead atoms. The Balaban J connectivity index is 1.87. The van der Waals surface area contributed by atoms with Crippen LogP contribution in [0.3, 0.4) is 0 Å². The van der Waals surface area contributed by atoms with Crippen LogP contribution in [0.2, 0.25) is 5.02 Å². The number of benzene rings is 3. The van der Waals surface area contributed by atoms with Gasteiger partial charge < -0.3 is 5.32 Å². The van der Waals surface area contributed by atoms with Crippen LogP contribution in [0.25, 0.3) is 0 Å². The van der Waals surface area contributed by atoms with E-state index in [1.165, 1.54) is 18.2 Å². The summed E-state index contributed by atoms with van der Waals surface area (Å²) in [6, 6.07) is 15.8. The highest BCUT2D eigenvalue weighted by atomic mass is 35.5. The molecular weight excluding hydrogens is 426 g/mol. The summed E-state index contributed by atoms with van der Waals surface area (Å²) in [4.78, 5) is 46.0. The number of halogens is 1. The fraction of sp³-hybridized carbons (Fsp3) is 0.0476. The molecule has 0 atom stereocenters. The molecule has 10 heteroatoms. The van der Waals surface area contributed by atoms with Crippen LogP contribution in [0.1, 0.15) is 21.5 Å². The zero-order chi connectivity index (χ0) is 22.5. The monoisotopic (exact) mass is 439 g/mol. The normalized spacial score (nSPS) is 10.4. The first-order valence-electron chi connectivity index (χ1n) is 8.87. The molecule has 0 saturated carbocycles. The Morgan fingerprint density at radius 2 is 1.61 bits per heavy atom. The molecule has 0 heterocycles. The fourth-order valence-electron chi connectivity index (χ4n) is 2.91. The van der Waals surface area contributed by atoms with Crippen molar-refractivity contribution in [1.29, 1.82) is 0 Å². The second-order valence-corrected chi connectivity index (χ2v) is 6.87. The summed E-state index contributed by atoms with van der Waals surface area (Å²) in [5.41, 5.74) is -0.257. The van der Waals surface area contributed by atoms with E-state index in [4.69, 9.17) is 11.6 Å². The third-order valence-corrected chi connectivity index (χ3v) is 4.60. The molecule has 0 aliphatic carbocycles. The summed E-state index contributed by atoms with van der Waals surface area (Å²) >= 11 is 6.02. The van der Waals surface area contributed by atoms with Gasteiger partial charge in [0.25, 0.3) is 11.4 Å². The first kappa shape index (κ1) is 21.6. The summed E-state index contributed by atoms with van der Waals surface area (Å²) in [5, 5.41) is 25.0. The number of nitro groups is 2. The van der Waals surface area contributed by atoms with E-state index in [0.717, 1.165) is 18.2 Å². The molecule has 0 unspecified atom stereocenters. The van der Waals surface area contributed by atoms with Crippen molar-refractivity contribution in [2.45, 2.75) is 6.42 Å². The topological polar surface area (TPSA) is 132 Å². The minimum absolute atomic E-state index is 0.00185. The Hall–Kier alpha value is -4.11. The maximum atomic E-state index is 12.8. The van der Waals surface area contributed by atoms with Gasteiger partial charge in [-0.1, -0.05) is 41.9 Å². The Labute approximate surface area is 180 Å². The summed E-state index contributed by atoms with van der Waals surface area (Å²) in [6.07, 6.45) is -0.421. The highest BCUT2D eigenvalue weighted by Crippen LogP contribution is 2.27. The average Bonchev–Trinajstić information content (AvgIpc) is 2.75. The lowest BCUT2D eigenvalue weighted by atomic mass is 10.0. The van der Waals surface area contributed by atoms with Gasteiger partial charge in [0.2, 0.25) is 5.91 Å². The number of carbonyl (C=O) groups is 2. The van der Waals surface area contributed by atoms with Crippen LogP contribution >= 0.6 is 11.6 Å². The number of ketones is 1. The molecule has 0 saturated heterocycles. The molecular formula is C21H14ClN3O6. The number of nitrogens with one attached hydrogen (secondary N) is 1. The van der Waals surface area contributed by atoms with Crippen LogP contribution in [-0.4, -0.2) is 21.5 Å². The lowest BCUT2D eigenvalue weighted by molar-refractivity contribution is -0.394. The van der Waals surface area contributed by atoms with Gasteiger partial charge in [0.05, 0.1) is 28.0 Å². The number of nitro benzene ring substituents is 2. The number of rotatable bonds is 7. The summed E-state index contributed by atoms with van der Waals surface area (Å²) in [6.45, 7) is 0. The number of hydrogen-bond donors (Lipinski definition) is 1. The maximum Gasteiger partial charge on any atom is 0.279 e. The third-order valence-electron chi connectivity index (χ3n) is 4.36. The second kappa shape index (κ2) is 9.14. The molecule has 1 N–H and O–H groups in total. The van der Waals surface area contributed by atoms with E-state index in [-0.39, 0.29) is 22.6 Å². The summed E-state index contributed by atoms with van der Waals surface area (Å²) in [5.74, 6) is -0.999. The zero-order valence-electron chi connectivity index (χ0n) is 15.8. The van der Waals surface area contributed by atoms with E-state index in [9.17, 15) is 29.8 Å². The largest absolute Gasteiger partial charge is 0.325 e. The van der Waals surface area contributed by atoms with Crippen molar-refractivity contribution in [3.05, 3.63) is 109 Å². The van der Waals surface area contributed by atoms with Crippen molar-refractivity contribution in [3.63, 3.8) is 0 Å². The number of anilines is 1. The van der Waals surface area contributed by atoms with Crippen molar-refractivity contribution in [2.24, 2.45) is 0 Å². The molecule has 0 aliphatic heterocycles. The molecule has 0 aromatic heterocycles. The lowest BCUT2D eigenvalue weighted by Crippen LogP contribution is -2.18. The summed E-state index contributed by atoms with van der Waals surface area (Å²) < 4.78 is 0. The van der Waals surface area contributed by atoms with Crippen LogP contribution in [0.5, 0.6) is 0 Å². The van der Waals surface area contributed by atoms with Crippen LogP contribution in [0.4, 0.5) is 17.1 Å². The van der Waals surface area contributed by atoms with E-state index >= 15 is 0 Å². The van der Waals surface area contributed by atoms with Crippen molar-refractivity contribution in [3.8, 4) is 0 Å². The van der Waals surface area contributed by atoms with Crippen molar-refractivity contribution in [1.82, 2.24) is 0 Å². The van der Waals surface area contributed by atoms with Gasteiger partial charge in [-0.15, -0.1) is 0 Å². The number of nitrogens with zero attached hydrogens (tertiary/aromatic N) is 2. The second-order valence-electron chi connectivity index (χ2n) is 6.44. The average molecular weight is 440 g/mol. The SMILES string of the molecule is O=C(Cc1ccc([N+](=O)[O-])cc1[N+](=O)[O-])Nc1ccc(Cl)cc1C(=O)c1ccccc1. The third kappa shape index (κ3) is 5.09. The fourth-order valence-corrected chi connectivity index (χ4v) is 3.08. The molecule has 0 radical (unpaired) electrons. The van der Waals surface area contributed by atoms with E-state index in [2.05, 4.69) is 5.32 Å². The van der Waals surface area contributed by atoms with Crippen LogP contribution in [0, 0.1) is 20.2 Å². The zero-order valence-corrected chi connectivity index (χ0v) is 16.5. The molecule has 3 aromatic rings. The molecule has 3 rings (SSSR count). The Bertz CT molecular complexity index is 1200. The van der Waals surface area contributed by atoms with Gasteiger partial charge in [-0.25, -0.2) is 0 Å². The van der Waals surface area contributed by atoms with Crippen molar-refractivity contribution >= 4 is 40.4 Å². The predicted molar refractivity (Wildman–Crippen MR) is 113 cm³/mol. The standard InChI is InChI=1S/C21H14ClN3O6/c22-15-7-9-18(17(11-15)21(27)13-4-2-1-3-5-13)23-20(26)10-14-6-8-16(24(28)29)12-19(14)25(30)31/h1-9,11-12H,10H2,(H,23,26). The van der Waals surface area contributed by atoms with Gasteiger partial charge >= 0.3 is 0 Å². The number of amides is 1. The first-order chi connectivity index (χ1) is 14.8. The van der Waals surface area contributed by atoms with Gasteiger partial charge in [0.1, 0.15) is 0 Å². The first-order valence-corrected chi connectivity index (χ1v) is 9.25. The molecule has 0 spiro atoms. The summed E-state index contributed by atoms with van der Waals surface area (Å²) in [7, 11) is 0. The Kier molecular flexibility index (Phi) is 6.37. The van der Waals surface area contributed by atoms with E-state index in [1.807, 2.05) is 0 Å². The molecule has 156 valence electrons. The van der Waals surface area contributed by atoms with Gasteiger partial charge in [-0.2, -0.15) is 0 Å². The predicted octanol–water partition coefficient (Wildman–Crippen LogP) is 4.57. The Morgan fingerprint density at radius 1 is 0.903 bits per heavy atom.